The molecule has 0 aliphatic carbocycles. The lowest BCUT2D eigenvalue weighted by Gasteiger charge is -2.14. The van der Waals surface area contributed by atoms with Gasteiger partial charge in [-0.05, 0) is 30.3 Å². The Bertz CT molecular complexity index is 922. The van der Waals surface area contributed by atoms with E-state index in [1.54, 1.807) is 0 Å². The zero-order valence-corrected chi connectivity index (χ0v) is 15.5. The van der Waals surface area contributed by atoms with Crippen molar-refractivity contribution in [1.29, 1.82) is 0 Å². The minimum Gasteiger partial charge on any atom is -0.442 e. The van der Waals surface area contributed by atoms with Crippen LogP contribution in [0.25, 0.3) is 0 Å². The van der Waals surface area contributed by atoms with E-state index >= 15 is 0 Å². The molecule has 1 aromatic carbocycles. The first-order valence-electron chi connectivity index (χ1n) is 8.28. The number of hydrogen-bond acceptors (Lipinski definition) is 5. The van der Waals surface area contributed by atoms with Crippen molar-refractivity contribution in [2.45, 2.75) is 13.0 Å². The van der Waals surface area contributed by atoms with Gasteiger partial charge in [0.1, 0.15) is 17.1 Å². The first-order chi connectivity index (χ1) is 13.3. The van der Waals surface area contributed by atoms with E-state index in [4.69, 9.17) is 16.3 Å². The minimum absolute atomic E-state index is 0.153. The zero-order valence-electron chi connectivity index (χ0n) is 14.7. The zero-order chi connectivity index (χ0) is 20.3. The summed E-state index contributed by atoms with van der Waals surface area (Å²) < 4.78 is 19.6. The summed E-state index contributed by atoms with van der Waals surface area (Å²) in [5.74, 6) is -1.71. The lowest BCUT2D eigenvalue weighted by molar-refractivity contribution is -0.119. The lowest BCUT2D eigenvalue weighted by Crippen LogP contribution is -2.33. The molecule has 1 aliphatic heterocycles. The van der Waals surface area contributed by atoms with Crippen LogP contribution in [0, 0.1) is 5.82 Å². The first kappa shape index (κ1) is 19.6. The number of aromatic nitrogens is 1. The van der Waals surface area contributed by atoms with Crippen LogP contribution in [-0.2, 0) is 9.53 Å². The molecule has 2 heterocycles. The molecule has 3 amide bonds. The van der Waals surface area contributed by atoms with Gasteiger partial charge < -0.3 is 15.4 Å². The number of cyclic esters (lactones) is 1. The van der Waals surface area contributed by atoms with E-state index in [2.05, 4.69) is 15.6 Å². The van der Waals surface area contributed by atoms with Crippen LogP contribution in [0.5, 0.6) is 0 Å². The topological polar surface area (TPSA) is 101 Å². The molecule has 0 spiro atoms. The smallest absolute Gasteiger partial charge is 0.414 e. The average molecular weight is 407 g/mol. The number of nitrogens with zero attached hydrogens (tertiary/aromatic N) is 2. The van der Waals surface area contributed by atoms with Crippen LogP contribution in [-0.4, -0.2) is 42.1 Å². The highest BCUT2D eigenvalue weighted by Crippen LogP contribution is 2.24. The Morgan fingerprint density at radius 1 is 1.36 bits per heavy atom. The molecule has 28 heavy (non-hydrogen) atoms. The number of carbonyl (C=O) groups excluding carboxylic acids is 3. The lowest BCUT2D eigenvalue weighted by atomic mass is 10.1. The van der Waals surface area contributed by atoms with Crippen LogP contribution >= 0.6 is 11.6 Å². The third-order valence-corrected chi connectivity index (χ3v) is 4.17. The molecule has 146 valence electrons. The Morgan fingerprint density at radius 2 is 2.14 bits per heavy atom. The number of carbonyl (C=O) groups is 3. The van der Waals surface area contributed by atoms with E-state index in [0.717, 1.165) is 6.07 Å². The molecule has 1 aliphatic rings. The molecule has 0 unspecified atom stereocenters. The van der Waals surface area contributed by atoms with E-state index in [-0.39, 0.29) is 35.4 Å². The quantitative estimate of drug-likeness (QED) is 0.743. The van der Waals surface area contributed by atoms with Crippen molar-refractivity contribution >= 4 is 40.9 Å². The molecule has 2 N–H and O–H groups in total. The molecule has 0 bridgehead atoms. The number of halogens is 2. The summed E-state index contributed by atoms with van der Waals surface area (Å²) >= 11 is 5.68. The van der Waals surface area contributed by atoms with Crippen LogP contribution in [0.2, 0.25) is 5.15 Å². The van der Waals surface area contributed by atoms with Gasteiger partial charge in [0.05, 0.1) is 36.2 Å². The van der Waals surface area contributed by atoms with Gasteiger partial charge in [0.25, 0.3) is 5.91 Å². The molecular formula is C18H16ClFN4O4. The van der Waals surface area contributed by atoms with Gasteiger partial charge in [-0.1, -0.05) is 11.6 Å². The average Bonchev–Trinajstić information content (AvgIpc) is 3.02. The molecule has 1 saturated heterocycles. The van der Waals surface area contributed by atoms with Gasteiger partial charge in [0.15, 0.2) is 0 Å². The standard InChI is InChI=1S/C18H16ClFN4O4/c1-10(25)21-8-13-9-24(18(27)28-13)12-3-4-14(15(20)6-12)17(26)23-11-2-5-16(19)22-7-11/h2-7,13H,8-9H2,1H3,(H,21,25)(H,23,26)/t13-/m0/s1. The highest BCUT2D eigenvalue weighted by atomic mass is 35.5. The van der Waals surface area contributed by atoms with E-state index in [0.29, 0.717) is 5.69 Å². The van der Waals surface area contributed by atoms with Gasteiger partial charge in [-0.15, -0.1) is 0 Å². The van der Waals surface area contributed by atoms with Crippen molar-refractivity contribution in [2.24, 2.45) is 0 Å². The van der Waals surface area contributed by atoms with Crippen LogP contribution in [0.4, 0.5) is 20.6 Å². The summed E-state index contributed by atoms with van der Waals surface area (Å²) in [5, 5.41) is 5.34. The molecule has 8 nitrogen and oxygen atoms in total. The summed E-state index contributed by atoms with van der Waals surface area (Å²) in [6.07, 6.45) is 0.154. The normalized spacial score (nSPS) is 15.9. The predicted molar refractivity (Wildman–Crippen MR) is 99.9 cm³/mol. The largest absolute Gasteiger partial charge is 0.442 e. The number of amides is 3. The number of rotatable bonds is 5. The van der Waals surface area contributed by atoms with Crippen LogP contribution < -0.4 is 15.5 Å². The van der Waals surface area contributed by atoms with Crippen molar-refractivity contribution in [1.82, 2.24) is 10.3 Å². The van der Waals surface area contributed by atoms with Crippen molar-refractivity contribution in [3.63, 3.8) is 0 Å². The maximum absolute atomic E-state index is 14.5. The van der Waals surface area contributed by atoms with Crippen LogP contribution in [0.1, 0.15) is 17.3 Å². The molecule has 1 atom stereocenters. The van der Waals surface area contributed by atoms with Crippen molar-refractivity contribution < 1.29 is 23.5 Å². The summed E-state index contributed by atoms with van der Waals surface area (Å²) in [4.78, 5) is 40.3. The molecule has 0 radical (unpaired) electrons. The van der Waals surface area contributed by atoms with Gasteiger partial charge in [0, 0.05) is 6.92 Å². The molecule has 1 aromatic heterocycles. The number of benzene rings is 1. The van der Waals surface area contributed by atoms with Crippen molar-refractivity contribution in [3.05, 3.63) is 53.1 Å². The Kier molecular flexibility index (Phi) is 5.74. The van der Waals surface area contributed by atoms with Gasteiger partial charge >= 0.3 is 6.09 Å². The molecule has 10 heteroatoms. The number of anilines is 2. The highest BCUT2D eigenvalue weighted by Gasteiger charge is 2.32. The summed E-state index contributed by atoms with van der Waals surface area (Å²) in [5.41, 5.74) is 0.417. The molecule has 3 rings (SSSR count). The van der Waals surface area contributed by atoms with Gasteiger partial charge in [0.2, 0.25) is 5.91 Å². The Labute approximate surface area is 164 Å². The fraction of sp³-hybridized carbons (Fsp3) is 0.222. The Morgan fingerprint density at radius 3 is 2.79 bits per heavy atom. The first-order valence-corrected chi connectivity index (χ1v) is 8.66. The second-order valence-corrected chi connectivity index (χ2v) is 6.43. The van der Waals surface area contributed by atoms with E-state index < -0.39 is 23.9 Å². The molecule has 0 saturated carbocycles. The van der Waals surface area contributed by atoms with Crippen LogP contribution in [0.15, 0.2) is 36.5 Å². The fourth-order valence-corrected chi connectivity index (χ4v) is 2.71. The van der Waals surface area contributed by atoms with E-state index in [1.165, 1.54) is 42.3 Å². The number of pyridine rings is 1. The summed E-state index contributed by atoms with van der Waals surface area (Å²) in [6, 6.07) is 6.83. The third kappa shape index (κ3) is 4.55. The monoisotopic (exact) mass is 406 g/mol. The number of ether oxygens (including phenoxy) is 1. The summed E-state index contributed by atoms with van der Waals surface area (Å²) in [7, 11) is 0. The minimum atomic E-state index is -0.796. The summed E-state index contributed by atoms with van der Waals surface area (Å²) in [6.45, 7) is 1.67. The molecule has 2 aromatic rings. The number of hydrogen-bond donors (Lipinski definition) is 2. The van der Waals surface area contributed by atoms with Crippen LogP contribution in [0.3, 0.4) is 0 Å². The maximum Gasteiger partial charge on any atom is 0.414 e. The number of nitrogens with one attached hydrogen (secondary N) is 2. The van der Waals surface area contributed by atoms with Gasteiger partial charge in [-0.3, -0.25) is 14.5 Å². The molecular weight excluding hydrogens is 391 g/mol. The second kappa shape index (κ2) is 8.22. The second-order valence-electron chi connectivity index (χ2n) is 6.04. The van der Waals surface area contributed by atoms with E-state index in [1.807, 2.05) is 0 Å². The third-order valence-electron chi connectivity index (χ3n) is 3.95. The fourth-order valence-electron chi connectivity index (χ4n) is 2.60. The highest BCUT2D eigenvalue weighted by molar-refractivity contribution is 6.29. The van der Waals surface area contributed by atoms with Gasteiger partial charge in [-0.25, -0.2) is 14.2 Å². The maximum atomic E-state index is 14.5. The SMILES string of the molecule is CC(=O)NC[C@H]1CN(c2ccc(C(=O)Nc3ccc(Cl)nc3)c(F)c2)C(=O)O1. The Hall–Kier alpha value is -3.20. The Balaban J connectivity index is 1.69. The molecule has 1 fully saturated rings. The van der Waals surface area contributed by atoms with Gasteiger partial charge in [-0.2, -0.15) is 0 Å². The van der Waals surface area contributed by atoms with E-state index in [9.17, 15) is 18.8 Å². The van der Waals surface area contributed by atoms with Crippen molar-refractivity contribution in [2.75, 3.05) is 23.3 Å². The predicted octanol–water partition coefficient (Wildman–Crippen LogP) is 2.59. The van der Waals surface area contributed by atoms with Crippen molar-refractivity contribution in [3.8, 4) is 0 Å².